The summed E-state index contributed by atoms with van der Waals surface area (Å²) < 4.78 is 29.8. The summed E-state index contributed by atoms with van der Waals surface area (Å²) in [6, 6.07) is 13.0. The van der Waals surface area contributed by atoms with E-state index in [1.165, 1.54) is 6.07 Å². The van der Waals surface area contributed by atoms with Gasteiger partial charge in [-0.3, -0.25) is 14.4 Å². The minimum atomic E-state index is -0.255. The van der Waals surface area contributed by atoms with Gasteiger partial charge in [-0.2, -0.15) is 0 Å². The molecule has 0 spiro atoms. The summed E-state index contributed by atoms with van der Waals surface area (Å²) in [5.41, 5.74) is 3.97. The third kappa shape index (κ3) is 5.21. The van der Waals surface area contributed by atoms with Gasteiger partial charge in [-0.25, -0.2) is 9.37 Å². The molecule has 38 heavy (non-hydrogen) atoms. The van der Waals surface area contributed by atoms with Crippen LogP contribution in [0, 0.1) is 12.7 Å². The molecule has 0 N–H and O–H groups in total. The van der Waals surface area contributed by atoms with E-state index in [0.717, 1.165) is 80.8 Å². The van der Waals surface area contributed by atoms with E-state index in [1.54, 1.807) is 6.07 Å². The number of rotatable bonds is 9. The Bertz CT molecular complexity index is 1440. The van der Waals surface area contributed by atoms with Gasteiger partial charge in [0.15, 0.2) is 0 Å². The summed E-state index contributed by atoms with van der Waals surface area (Å²) in [7, 11) is 0. The highest BCUT2D eigenvalue weighted by Crippen LogP contribution is 2.27. The van der Waals surface area contributed by atoms with Crippen molar-refractivity contribution in [3.8, 4) is 5.88 Å². The number of benzene rings is 2. The zero-order valence-corrected chi connectivity index (χ0v) is 21.6. The molecule has 0 aliphatic carbocycles. The number of carbonyl (C=O) groups excluding carboxylic acids is 1. The standard InChI is InChI=1S/C29H32FN5O3/c1-20-2-4-22(25(30)14-20)19-38-29-8-12-35(32-29)23-6-10-33(11-7-23)17-28-31-26-5-3-21(18-36)15-27(26)34(28)16-24-9-13-37-24/h2-5,8,12,14-15,18,23-24H,6-7,9-11,13,16-17,19H2,1H3/t24-/m0/s1. The van der Waals surface area contributed by atoms with E-state index < -0.39 is 0 Å². The van der Waals surface area contributed by atoms with E-state index >= 15 is 0 Å². The van der Waals surface area contributed by atoms with Gasteiger partial charge in [0.05, 0.1) is 36.3 Å². The largest absolute Gasteiger partial charge is 0.472 e. The molecule has 2 fully saturated rings. The van der Waals surface area contributed by atoms with Crippen LogP contribution in [0.5, 0.6) is 5.88 Å². The number of carbonyl (C=O) groups is 1. The normalized spacial score (nSPS) is 18.5. The van der Waals surface area contributed by atoms with E-state index in [2.05, 4.69) is 14.6 Å². The average Bonchev–Trinajstić information content (AvgIpc) is 3.50. The maximum Gasteiger partial charge on any atom is 0.233 e. The molecule has 1 atom stereocenters. The Kier molecular flexibility index (Phi) is 6.95. The van der Waals surface area contributed by atoms with Crippen molar-refractivity contribution in [2.75, 3.05) is 19.7 Å². The molecule has 2 aromatic heterocycles. The number of likely N-dealkylation sites (tertiary alicyclic amines) is 1. The molecule has 9 heteroatoms. The molecule has 0 bridgehead atoms. The molecule has 6 rings (SSSR count). The molecule has 0 amide bonds. The zero-order valence-electron chi connectivity index (χ0n) is 21.6. The molecule has 2 aliphatic rings. The highest BCUT2D eigenvalue weighted by molar-refractivity contribution is 5.85. The van der Waals surface area contributed by atoms with E-state index in [9.17, 15) is 9.18 Å². The maximum atomic E-state index is 14.1. The molecule has 4 heterocycles. The zero-order chi connectivity index (χ0) is 26.1. The molecule has 2 saturated heterocycles. The predicted molar refractivity (Wildman–Crippen MR) is 141 cm³/mol. The average molecular weight is 518 g/mol. The van der Waals surface area contributed by atoms with E-state index in [1.807, 2.05) is 48.1 Å². The number of hydrogen-bond acceptors (Lipinski definition) is 6. The molecule has 198 valence electrons. The van der Waals surface area contributed by atoms with Gasteiger partial charge in [0.25, 0.3) is 0 Å². The lowest BCUT2D eigenvalue weighted by atomic mass is 10.1. The van der Waals surface area contributed by atoms with Crippen LogP contribution in [0.25, 0.3) is 11.0 Å². The Morgan fingerprint density at radius 3 is 2.71 bits per heavy atom. The first kappa shape index (κ1) is 24.8. The van der Waals surface area contributed by atoms with Gasteiger partial charge in [0.1, 0.15) is 24.5 Å². The Labute approximate surface area is 221 Å². The van der Waals surface area contributed by atoms with Crippen LogP contribution < -0.4 is 4.74 Å². The van der Waals surface area contributed by atoms with Crippen molar-refractivity contribution < 1.29 is 18.7 Å². The van der Waals surface area contributed by atoms with Crippen molar-refractivity contribution in [3.05, 3.63) is 77.0 Å². The summed E-state index contributed by atoms with van der Waals surface area (Å²) in [5.74, 6) is 1.26. The van der Waals surface area contributed by atoms with E-state index in [-0.39, 0.29) is 24.6 Å². The number of fused-ring (bicyclic) bond motifs is 1. The second-order valence-corrected chi connectivity index (χ2v) is 10.3. The van der Waals surface area contributed by atoms with Crippen LogP contribution in [0.2, 0.25) is 0 Å². The predicted octanol–water partition coefficient (Wildman–Crippen LogP) is 4.70. The van der Waals surface area contributed by atoms with Crippen LogP contribution in [0.15, 0.2) is 48.7 Å². The van der Waals surface area contributed by atoms with Gasteiger partial charge in [-0.15, -0.1) is 5.10 Å². The lowest BCUT2D eigenvalue weighted by molar-refractivity contribution is -0.0592. The van der Waals surface area contributed by atoms with Gasteiger partial charge in [0, 0.05) is 43.1 Å². The van der Waals surface area contributed by atoms with Crippen molar-refractivity contribution in [2.45, 2.75) is 58.0 Å². The molecule has 0 radical (unpaired) electrons. The van der Waals surface area contributed by atoms with Crippen LogP contribution in [-0.4, -0.2) is 56.3 Å². The Morgan fingerprint density at radius 2 is 1.97 bits per heavy atom. The van der Waals surface area contributed by atoms with Gasteiger partial charge < -0.3 is 14.0 Å². The summed E-state index contributed by atoms with van der Waals surface area (Å²) in [6.45, 7) is 6.19. The highest BCUT2D eigenvalue weighted by Gasteiger charge is 2.25. The second-order valence-electron chi connectivity index (χ2n) is 10.3. The van der Waals surface area contributed by atoms with Crippen molar-refractivity contribution in [2.24, 2.45) is 0 Å². The summed E-state index contributed by atoms with van der Waals surface area (Å²) in [6.07, 6.45) is 6.02. The van der Waals surface area contributed by atoms with Crippen LogP contribution >= 0.6 is 0 Å². The van der Waals surface area contributed by atoms with Crippen molar-refractivity contribution in [3.63, 3.8) is 0 Å². The number of ether oxygens (including phenoxy) is 2. The fourth-order valence-electron chi connectivity index (χ4n) is 5.28. The number of halogens is 1. The summed E-state index contributed by atoms with van der Waals surface area (Å²) >= 11 is 0. The molecule has 8 nitrogen and oxygen atoms in total. The molecule has 4 aromatic rings. The summed E-state index contributed by atoms with van der Waals surface area (Å²) in [5, 5.41) is 4.61. The summed E-state index contributed by atoms with van der Waals surface area (Å²) in [4.78, 5) is 18.7. The Balaban J connectivity index is 1.08. The Morgan fingerprint density at radius 1 is 1.13 bits per heavy atom. The monoisotopic (exact) mass is 517 g/mol. The topological polar surface area (TPSA) is 74.4 Å². The first-order valence-corrected chi connectivity index (χ1v) is 13.3. The quantitative estimate of drug-likeness (QED) is 0.300. The molecular weight excluding hydrogens is 485 g/mol. The van der Waals surface area contributed by atoms with Crippen LogP contribution in [0.3, 0.4) is 0 Å². The number of aryl methyl sites for hydroxylation is 1. The van der Waals surface area contributed by atoms with Crippen LogP contribution in [0.4, 0.5) is 4.39 Å². The lowest BCUT2D eigenvalue weighted by Crippen LogP contribution is -2.36. The number of imidazole rings is 1. The lowest BCUT2D eigenvalue weighted by Gasteiger charge is -2.32. The third-order valence-corrected chi connectivity index (χ3v) is 7.63. The Hall–Kier alpha value is -3.56. The number of nitrogens with zero attached hydrogens (tertiary/aromatic N) is 5. The third-order valence-electron chi connectivity index (χ3n) is 7.63. The minimum absolute atomic E-state index is 0.156. The molecule has 0 saturated carbocycles. The fraction of sp³-hybridized carbons (Fsp3) is 0.414. The number of piperidine rings is 1. The minimum Gasteiger partial charge on any atom is -0.472 e. The SMILES string of the molecule is Cc1ccc(COc2ccn(C3CCN(Cc4nc5ccc(C=O)cc5n4C[C@@H]4CCO4)CC3)n2)c(F)c1. The second kappa shape index (κ2) is 10.7. The van der Waals surface area contributed by atoms with Crippen molar-refractivity contribution in [1.29, 1.82) is 0 Å². The van der Waals surface area contributed by atoms with Crippen molar-refractivity contribution in [1.82, 2.24) is 24.2 Å². The maximum absolute atomic E-state index is 14.1. The molecule has 0 unspecified atom stereocenters. The van der Waals surface area contributed by atoms with Gasteiger partial charge in [0.2, 0.25) is 5.88 Å². The van der Waals surface area contributed by atoms with Gasteiger partial charge >= 0.3 is 0 Å². The molecule has 2 aliphatic heterocycles. The number of aromatic nitrogens is 4. The highest BCUT2D eigenvalue weighted by atomic mass is 19.1. The first-order chi connectivity index (χ1) is 18.6. The van der Waals surface area contributed by atoms with E-state index in [4.69, 9.17) is 14.5 Å². The van der Waals surface area contributed by atoms with Crippen LogP contribution in [0.1, 0.15) is 52.6 Å². The fourth-order valence-corrected chi connectivity index (χ4v) is 5.28. The molecular formula is C29H32FN5O3. The number of hydrogen-bond donors (Lipinski definition) is 0. The number of aldehydes is 1. The first-order valence-electron chi connectivity index (χ1n) is 13.3. The van der Waals surface area contributed by atoms with Gasteiger partial charge in [-0.1, -0.05) is 12.1 Å². The van der Waals surface area contributed by atoms with E-state index in [0.29, 0.717) is 17.0 Å². The van der Waals surface area contributed by atoms with Gasteiger partial charge in [-0.05, 0) is 56.0 Å². The molecule has 2 aromatic carbocycles. The van der Waals surface area contributed by atoms with Crippen molar-refractivity contribution >= 4 is 17.3 Å². The smallest absolute Gasteiger partial charge is 0.233 e. The van der Waals surface area contributed by atoms with Crippen LogP contribution in [-0.2, 0) is 24.4 Å².